The van der Waals surface area contributed by atoms with Crippen LogP contribution < -0.4 is 18.9 Å². The van der Waals surface area contributed by atoms with Gasteiger partial charge < -0.3 is 29.2 Å². The zero-order valence-corrected chi connectivity index (χ0v) is 37.5. The van der Waals surface area contributed by atoms with Gasteiger partial charge in [0.2, 0.25) is 0 Å². The molecular weight excluding hydrogens is 893 g/mol. The quantitative estimate of drug-likeness (QED) is 0.0867. The van der Waals surface area contributed by atoms with Crippen LogP contribution in [-0.4, -0.2) is 103 Å². The lowest BCUT2D eigenvalue weighted by atomic mass is 10.2. The van der Waals surface area contributed by atoms with Crippen molar-refractivity contribution in [3.63, 3.8) is 0 Å². The Morgan fingerprint density at radius 2 is 0.934 bits per heavy atom. The summed E-state index contributed by atoms with van der Waals surface area (Å²) in [5, 5.41) is 28.0. The Balaban J connectivity index is 0.000000248. The van der Waals surface area contributed by atoms with Crippen molar-refractivity contribution in [3.8, 4) is 23.0 Å². The largest absolute Gasteiger partial charge is 0.497 e. The minimum atomic E-state index is -3.87. The number of H-pyrrole nitrogens is 1. The molecule has 3 N–H and O–H groups in total. The van der Waals surface area contributed by atoms with Crippen molar-refractivity contribution in [2.24, 2.45) is 0 Å². The Hall–Kier alpha value is -5.28. The third kappa shape index (κ3) is 14.4. The van der Waals surface area contributed by atoms with Gasteiger partial charge in [0.1, 0.15) is 23.0 Å². The van der Waals surface area contributed by atoms with Gasteiger partial charge in [-0.05, 0) is 82.9 Å². The van der Waals surface area contributed by atoms with E-state index in [0.29, 0.717) is 16.8 Å². The molecule has 0 saturated carbocycles. The van der Waals surface area contributed by atoms with E-state index in [2.05, 4.69) is 31.2 Å². The van der Waals surface area contributed by atoms with Crippen molar-refractivity contribution in [2.45, 2.75) is 42.8 Å². The highest BCUT2D eigenvalue weighted by molar-refractivity contribution is 9.09. The molecular formula is C42H51BrN6O10S2. The van der Waals surface area contributed by atoms with Crippen molar-refractivity contribution >= 4 is 36.0 Å². The summed E-state index contributed by atoms with van der Waals surface area (Å²) < 4.78 is 77.7. The average molecular weight is 944 g/mol. The van der Waals surface area contributed by atoms with Crippen LogP contribution in [0.3, 0.4) is 0 Å². The number of halogens is 1. The van der Waals surface area contributed by atoms with E-state index in [1.807, 2.05) is 72.8 Å². The maximum Gasteiger partial charge on any atom is 0.262 e. The Kier molecular flexibility index (Phi) is 19.2. The predicted molar refractivity (Wildman–Crippen MR) is 234 cm³/mol. The molecule has 0 aliphatic rings. The van der Waals surface area contributed by atoms with Gasteiger partial charge in [-0.1, -0.05) is 64.5 Å². The summed E-state index contributed by atoms with van der Waals surface area (Å²) in [6.07, 6.45) is 2.97. The number of aliphatic hydroxyl groups is 2. The standard InChI is InChI=1S/C21H25N3O5S.C19H21N3O4S.C2H5BrO/c1-28-19-7-3-17(4-8-19)15-24(16-18-5-9-20(29-2)10-6-18)30(26,27)21-11-12-23(22-21)13-14-25;1-25-17-7-3-15(4-8-17)13-22(27(23,24)19-11-12-20-21-19)14-16-5-9-18(26-2)10-6-16;3-1-2-4/h3-12,25H,13-16H2,1-2H3;3-12H,13-14H2,1-2H3,(H,20,21);4H,1-2H2. The van der Waals surface area contributed by atoms with Crippen LogP contribution in [0.25, 0.3) is 0 Å². The van der Waals surface area contributed by atoms with Gasteiger partial charge in [-0.25, -0.2) is 16.8 Å². The number of alkyl halides is 1. The number of aromatic nitrogens is 4. The van der Waals surface area contributed by atoms with Gasteiger partial charge in [-0.3, -0.25) is 9.78 Å². The van der Waals surface area contributed by atoms with Crippen LogP contribution in [0.4, 0.5) is 0 Å². The number of hydrogen-bond donors (Lipinski definition) is 3. The van der Waals surface area contributed by atoms with E-state index < -0.39 is 20.0 Å². The van der Waals surface area contributed by atoms with Crippen LogP contribution in [-0.2, 0) is 52.8 Å². The molecule has 0 aliphatic carbocycles. The van der Waals surface area contributed by atoms with Crippen LogP contribution in [0, 0.1) is 0 Å². The SMILES string of the molecule is COc1ccc(CN(Cc2ccc(OC)cc2)S(=O)(=O)c2ccn(CCO)n2)cc1.COc1ccc(CN(Cc2ccc(OC)cc2)S(=O)(=O)c2ccn[nH]2)cc1.OCCBr. The van der Waals surface area contributed by atoms with Crippen LogP contribution in [0.1, 0.15) is 22.3 Å². The maximum atomic E-state index is 13.3. The monoisotopic (exact) mass is 942 g/mol. The van der Waals surface area contributed by atoms with Crippen LogP contribution >= 0.6 is 15.9 Å². The molecule has 61 heavy (non-hydrogen) atoms. The van der Waals surface area contributed by atoms with E-state index in [-0.39, 0.29) is 56.0 Å². The maximum absolute atomic E-state index is 13.3. The van der Waals surface area contributed by atoms with Gasteiger partial charge >= 0.3 is 0 Å². The number of nitrogens with one attached hydrogen (secondary N) is 1. The van der Waals surface area contributed by atoms with Gasteiger partial charge in [-0.2, -0.15) is 18.8 Å². The van der Waals surface area contributed by atoms with Crippen molar-refractivity contribution in [1.29, 1.82) is 0 Å². The van der Waals surface area contributed by atoms with Gasteiger partial charge in [-0.15, -0.1) is 0 Å². The van der Waals surface area contributed by atoms with Crippen molar-refractivity contribution in [1.82, 2.24) is 28.6 Å². The topological polar surface area (TPSA) is 199 Å². The normalized spacial score (nSPS) is 11.3. The first-order chi connectivity index (χ1) is 29.4. The number of sulfonamides is 2. The fourth-order valence-corrected chi connectivity index (χ4v) is 8.22. The lowest BCUT2D eigenvalue weighted by Crippen LogP contribution is -2.30. The summed E-state index contributed by atoms with van der Waals surface area (Å²) in [4.78, 5) is 0. The van der Waals surface area contributed by atoms with E-state index in [4.69, 9.17) is 29.2 Å². The molecule has 0 saturated heterocycles. The van der Waals surface area contributed by atoms with E-state index in [1.165, 1.54) is 31.6 Å². The first kappa shape index (κ1) is 48.4. The minimum Gasteiger partial charge on any atom is -0.497 e. The summed E-state index contributed by atoms with van der Waals surface area (Å²) in [6.45, 7) is 1.13. The zero-order chi connectivity index (χ0) is 44.3. The van der Waals surface area contributed by atoms with E-state index in [1.54, 1.807) is 58.9 Å². The molecule has 0 amide bonds. The highest BCUT2D eigenvalue weighted by Gasteiger charge is 2.28. The molecule has 0 fully saturated rings. The summed E-state index contributed by atoms with van der Waals surface area (Å²) >= 11 is 3.00. The number of aromatic amines is 1. The molecule has 6 rings (SSSR count). The lowest BCUT2D eigenvalue weighted by molar-refractivity contribution is 0.268. The number of ether oxygens (including phenoxy) is 4. The van der Waals surface area contributed by atoms with Gasteiger partial charge in [0, 0.05) is 37.7 Å². The molecule has 19 heteroatoms. The molecule has 0 atom stereocenters. The van der Waals surface area contributed by atoms with Gasteiger partial charge in [0.25, 0.3) is 20.0 Å². The molecule has 6 aromatic rings. The van der Waals surface area contributed by atoms with E-state index in [0.717, 1.165) is 33.8 Å². The highest BCUT2D eigenvalue weighted by Crippen LogP contribution is 2.24. The van der Waals surface area contributed by atoms with E-state index in [9.17, 15) is 16.8 Å². The first-order valence-corrected chi connectivity index (χ1v) is 22.7. The second-order valence-electron chi connectivity index (χ2n) is 12.9. The molecule has 0 bridgehead atoms. The first-order valence-electron chi connectivity index (χ1n) is 18.7. The van der Waals surface area contributed by atoms with Crippen molar-refractivity contribution < 1.29 is 46.0 Å². The molecule has 0 spiro atoms. The minimum absolute atomic E-state index is 0.0574. The second kappa shape index (κ2) is 24.2. The number of methoxy groups -OCH3 is 4. The highest BCUT2D eigenvalue weighted by atomic mass is 79.9. The molecule has 328 valence electrons. The molecule has 0 unspecified atom stereocenters. The van der Waals surface area contributed by atoms with Crippen LogP contribution in [0.15, 0.2) is 132 Å². The van der Waals surface area contributed by atoms with Crippen molar-refractivity contribution in [3.05, 3.63) is 144 Å². The summed E-state index contributed by atoms with van der Waals surface area (Å²) in [5.41, 5.74) is 3.35. The van der Waals surface area contributed by atoms with Gasteiger partial charge in [0.05, 0.1) is 54.4 Å². The molecule has 2 aromatic heterocycles. The Bertz CT molecular complexity index is 2280. The summed E-state index contributed by atoms with van der Waals surface area (Å²) in [7, 11) is -1.26. The third-order valence-electron chi connectivity index (χ3n) is 8.80. The fourth-order valence-electron chi connectivity index (χ4n) is 5.56. The van der Waals surface area contributed by atoms with Crippen molar-refractivity contribution in [2.75, 3.05) is 47.0 Å². The third-order valence-corrected chi connectivity index (χ3v) is 12.6. The zero-order valence-electron chi connectivity index (χ0n) is 34.3. The molecule has 0 radical (unpaired) electrons. The summed E-state index contributed by atoms with van der Waals surface area (Å²) in [5.74, 6) is 2.84. The van der Waals surface area contributed by atoms with Crippen LogP contribution in [0.2, 0.25) is 0 Å². The number of hydrogen-bond acceptors (Lipinski definition) is 12. The second-order valence-corrected chi connectivity index (χ2v) is 17.5. The number of aliphatic hydroxyl groups excluding tert-OH is 2. The lowest BCUT2D eigenvalue weighted by Gasteiger charge is -2.22. The number of nitrogens with zero attached hydrogens (tertiary/aromatic N) is 5. The molecule has 4 aromatic carbocycles. The molecule has 2 heterocycles. The predicted octanol–water partition coefficient (Wildman–Crippen LogP) is 5.48. The Morgan fingerprint density at radius 1 is 0.574 bits per heavy atom. The average Bonchev–Trinajstić information content (AvgIpc) is 4.02. The smallest absolute Gasteiger partial charge is 0.262 e. The summed E-state index contributed by atoms with van der Waals surface area (Å²) in [6, 6.07) is 32.0. The number of rotatable bonds is 19. The Morgan fingerprint density at radius 3 is 1.23 bits per heavy atom. The van der Waals surface area contributed by atoms with Crippen LogP contribution in [0.5, 0.6) is 23.0 Å². The van der Waals surface area contributed by atoms with Gasteiger partial charge in [0.15, 0.2) is 10.1 Å². The fraction of sp³-hybridized carbons (Fsp3) is 0.286. The number of benzene rings is 4. The molecule has 16 nitrogen and oxygen atoms in total. The molecule has 0 aliphatic heterocycles. The Labute approximate surface area is 365 Å². The van der Waals surface area contributed by atoms with E-state index >= 15 is 0 Å².